The highest BCUT2D eigenvalue weighted by molar-refractivity contribution is 6.35. The molecule has 36 heavy (non-hydrogen) atoms. The summed E-state index contributed by atoms with van der Waals surface area (Å²) >= 11 is 0. The van der Waals surface area contributed by atoms with E-state index >= 15 is 0 Å². The molecule has 4 fully saturated rings. The zero-order chi connectivity index (χ0) is 26.3. The third-order valence-corrected chi connectivity index (χ3v) is 10.3. The molecule has 4 aliphatic carbocycles. The van der Waals surface area contributed by atoms with Gasteiger partial charge in [0.25, 0.3) is 0 Å². The van der Waals surface area contributed by atoms with Gasteiger partial charge in [0.2, 0.25) is 11.4 Å². The van der Waals surface area contributed by atoms with E-state index < -0.39 is 35.2 Å². The number of carbonyl (C=O) groups is 4. The van der Waals surface area contributed by atoms with Crippen LogP contribution in [0.15, 0.2) is 10.2 Å². The Morgan fingerprint density at radius 1 is 0.722 bits per heavy atom. The number of esters is 2. The predicted molar refractivity (Wildman–Crippen MR) is 127 cm³/mol. The van der Waals surface area contributed by atoms with E-state index in [0.29, 0.717) is 24.3 Å². The van der Waals surface area contributed by atoms with Crippen molar-refractivity contribution in [3.63, 3.8) is 0 Å². The second-order valence-electron chi connectivity index (χ2n) is 12.9. The average Bonchev–Trinajstić information content (AvgIpc) is 3.19. The van der Waals surface area contributed by atoms with Gasteiger partial charge in [0.1, 0.15) is 0 Å². The van der Waals surface area contributed by atoms with Crippen LogP contribution in [0.3, 0.4) is 0 Å². The fourth-order valence-corrected chi connectivity index (χ4v) is 8.75. The molecule has 194 valence electrons. The van der Waals surface area contributed by atoms with E-state index in [4.69, 9.17) is 9.47 Å². The second kappa shape index (κ2) is 6.55. The Kier molecular flexibility index (Phi) is 4.30. The molecule has 2 amide bonds. The Balaban J connectivity index is 1.35. The van der Waals surface area contributed by atoms with E-state index in [9.17, 15) is 19.2 Å². The zero-order valence-electron chi connectivity index (χ0n) is 22.1. The molecule has 2 aliphatic heterocycles. The topological polar surface area (TPSA) is 118 Å². The molecule has 0 bridgehead atoms. The number of hydrogen-bond donors (Lipinski definition) is 0. The lowest BCUT2D eigenvalue weighted by Crippen LogP contribution is -2.60. The van der Waals surface area contributed by atoms with Crippen LogP contribution in [0, 0.1) is 46.3 Å². The van der Waals surface area contributed by atoms with Crippen molar-refractivity contribution in [2.75, 3.05) is 0 Å². The number of amides is 2. The van der Waals surface area contributed by atoms with Gasteiger partial charge in [0.05, 0.1) is 11.8 Å². The highest BCUT2D eigenvalue weighted by Crippen LogP contribution is 2.75. The summed E-state index contributed by atoms with van der Waals surface area (Å²) in [4.78, 5) is 52.1. The van der Waals surface area contributed by atoms with Crippen molar-refractivity contribution in [2.45, 2.75) is 79.7 Å². The van der Waals surface area contributed by atoms with Gasteiger partial charge >= 0.3 is 23.8 Å². The summed E-state index contributed by atoms with van der Waals surface area (Å²) < 4.78 is 11.7. The molecule has 10 heteroatoms. The molecule has 0 spiro atoms. The maximum absolute atomic E-state index is 13.9. The molecule has 6 rings (SSSR count). The second-order valence-corrected chi connectivity index (χ2v) is 12.9. The van der Waals surface area contributed by atoms with Crippen molar-refractivity contribution in [2.24, 2.45) is 56.5 Å². The first-order valence-corrected chi connectivity index (χ1v) is 12.8. The molecular weight excluding hydrogens is 464 g/mol. The molecule has 8 atom stereocenters. The summed E-state index contributed by atoms with van der Waals surface area (Å²) in [5.74, 6) is -2.52. The van der Waals surface area contributed by atoms with Crippen LogP contribution in [-0.2, 0) is 28.7 Å². The maximum Gasteiger partial charge on any atom is 0.337 e. The van der Waals surface area contributed by atoms with E-state index in [1.807, 2.05) is 13.8 Å². The molecule has 10 nitrogen and oxygen atoms in total. The fourth-order valence-electron chi connectivity index (χ4n) is 8.75. The summed E-state index contributed by atoms with van der Waals surface area (Å²) in [6.07, 6.45) is 0.847. The van der Waals surface area contributed by atoms with Gasteiger partial charge in [-0.3, -0.25) is 19.2 Å². The number of nitrogens with zero attached hydrogens (tertiary/aromatic N) is 4. The number of carbonyl (C=O) groups excluding carboxylic acids is 4. The summed E-state index contributed by atoms with van der Waals surface area (Å²) in [5.41, 5.74) is -1.19. The molecule has 0 saturated heterocycles. The third-order valence-electron chi connectivity index (χ3n) is 10.3. The van der Waals surface area contributed by atoms with Gasteiger partial charge in [-0.25, -0.2) is 0 Å². The predicted octanol–water partition coefficient (Wildman–Crippen LogP) is 2.53. The van der Waals surface area contributed by atoms with Gasteiger partial charge in [-0.15, -0.1) is 0 Å². The summed E-state index contributed by atoms with van der Waals surface area (Å²) in [6, 6.07) is 0. The van der Waals surface area contributed by atoms with E-state index in [0.717, 1.165) is 10.0 Å². The monoisotopic (exact) mass is 498 g/mol. The van der Waals surface area contributed by atoms with Gasteiger partial charge in [0, 0.05) is 38.1 Å². The van der Waals surface area contributed by atoms with Crippen molar-refractivity contribution >= 4 is 35.2 Å². The largest absolute Gasteiger partial charge is 0.436 e. The summed E-state index contributed by atoms with van der Waals surface area (Å²) in [5, 5.41) is 11.1. The molecule has 0 N–H and O–H groups in total. The summed E-state index contributed by atoms with van der Waals surface area (Å²) in [6.45, 7) is 14.9. The van der Waals surface area contributed by atoms with Crippen LogP contribution in [0.4, 0.5) is 0 Å². The smallest absolute Gasteiger partial charge is 0.337 e. The van der Waals surface area contributed by atoms with Crippen LogP contribution in [0.5, 0.6) is 0 Å². The van der Waals surface area contributed by atoms with Crippen LogP contribution in [0.2, 0.25) is 0 Å². The van der Waals surface area contributed by atoms with Crippen molar-refractivity contribution < 1.29 is 28.7 Å². The SMILES string of the molecule is CC(=O)O[C@@]12C[C@@H]3[C@@H]([C@@H]1C(C)=NN2C(=O)C(=O)N1N=C(C)[C@H]2[C@@H]4[C@H](C[C@@]21OC(C)=O)C4(C)C)C3(C)C. The quantitative estimate of drug-likeness (QED) is 0.426. The third kappa shape index (κ3) is 2.58. The first-order chi connectivity index (χ1) is 16.6. The van der Waals surface area contributed by atoms with Crippen molar-refractivity contribution in [3.8, 4) is 0 Å². The first-order valence-electron chi connectivity index (χ1n) is 12.8. The Hall–Kier alpha value is -2.78. The van der Waals surface area contributed by atoms with Gasteiger partial charge < -0.3 is 9.47 Å². The Bertz CT molecular complexity index is 1110. The number of hydrogen-bond acceptors (Lipinski definition) is 8. The minimum atomic E-state index is -1.32. The van der Waals surface area contributed by atoms with Crippen LogP contribution >= 0.6 is 0 Å². The molecule has 0 aromatic rings. The molecule has 0 unspecified atom stereocenters. The molecule has 0 radical (unpaired) electrons. The van der Waals surface area contributed by atoms with Gasteiger partial charge in [-0.1, -0.05) is 27.7 Å². The molecular formula is C26H34N4O6. The van der Waals surface area contributed by atoms with Gasteiger partial charge in [-0.2, -0.15) is 20.2 Å². The number of fused-ring (bicyclic) bond motifs is 6. The van der Waals surface area contributed by atoms with Crippen molar-refractivity contribution in [1.82, 2.24) is 10.0 Å². The zero-order valence-corrected chi connectivity index (χ0v) is 22.1. The number of rotatable bonds is 2. The first kappa shape index (κ1) is 23.6. The lowest BCUT2D eigenvalue weighted by Gasteiger charge is -2.41. The highest BCUT2D eigenvalue weighted by Gasteiger charge is 2.80. The van der Waals surface area contributed by atoms with Crippen molar-refractivity contribution in [3.05, 3.63) is 0 Å². The Morgan fingerprint density at radius 3 is 1.36 bits per heavy atom. The van der Waals surface area contributed by atoms with Gasteiger partial charge in [-0.05, 0) is 48.3 Å². The molecule has 2 heterocycles. The molecule has 4 saturated carbocycles. The lowest BCUT2D eigenvalue weighted by atomic mass is 9.83. The normalized spacial score (nSPS) is 43.6. The van der Waals surface area contributed by atoms with Crippen LogP contribution in [-0.4, -0.2) is 56.6 Å². The highest BCUT2D eigenvalue weighted by atomic mass is 16.6. The van der Waals surface area contributed by atoms with Crippen LogP contribution in [0.1, 0.15) is 68.2 Å². The number of hydrazone groups is 2. The Labute approximate surface area is 210 Å². The van der Waals surface area contributed by atoms with Gasteiger partial charge in [0.15, 0.2) is 0 Å². The lowest BCUT2D eigenvalue weighted by molar-refractivity contribution is -0.205. The molecule has 0 aromatic carbocycles. The molecule has 6 aliphatic rings. The van der Waals surface area contributed by atoms with E-state index in [2.05, 4.69) is 37.9 Å². The van der Waals surface area contributed by atoms with Crippen molar-refractivity contribution in [1.29, 1.82) is 0 Å². The molecule has 0 aromatic heterocycles. The standard InChI is InChI=1S/C26H34N4O6/c1-11-17-19-15(23(19,5)6)9-25(17,35-13(3)31)29(27-11)21(33)22(34)30-26(36-14(4)32)10-16-20(24(16,7)8)18(26)12(2)28-30/h15-20H,9-10H2,1-8H3/t15-,16+,17-,18-,19-,20-,25+,26-/m0/s1. The number of ether oxygens (including phenoxy) is 2. The van der Waals surface area contributed by atoms with Crippen LogP contribution in [0.25, 0.3) is 0 Å². The van der Waals surface area contributed by atoms with Crippen LogP contribution < -0.4 is 0 Å². The minimum absolute atomic E-state index is 0.0504. The average molecular weight is 499 g/mol. The minimum Gasteiger partial charge on any atom is -0.436 e. The Morgan fingerprint density at radius 2 is 1.06 bits per heavy atom. The van der Waals surface area contributed by atoms with E-state index in [-0.39, 0.29) is 46.3 Å². The van der Waals surface area contributed by atoms with E-state index in [1.54, 1.807) is 0 Å². The summed E-state index contributed by atoms with van der Waals surface area (Å²) in [7, 11) is 0. The maximum atomic E-state index is 13.9. The fraction of sp³-hybridized carbons (Fsp3) is 0.769. The van der Waals surface area contributed by atoms with E-state index in [1.165, 1.54) is 13.8 Å².